The minimum absolute atomic E-state index is 0.303. The van der Waals surface area contributed by atoms with Gasteiger partial charge in [0.05, 0.1) is 6.20 Å². The minimum Gasteiger partial charge on any atom is -0.453 e. The van der Waals surface area contributed by atoms with Gasteiger partial charge in [0.2, 0.25) is 5.91 Å². The number of nitrogens with one attached hydrogen (secondary N) is 2. The van der Waals surface area contributed by atoms with E-state index in [0.29, 0.717) is 39.2 Å². The maximum Gasteiger partial charge on any atom is 0.247 e. The summed E-state index contributed by atoms with van der Waals surface area (Å²) in [6.07, 6.45) is 2.70. The number of imidazole rings is 1. The second-order valence-electron chi connectivity index (χ2n) is 5.91. The molecule has 28 heavy (non-hydrogen) atoms. The third kappa shape index (κ3) is 3.58. The van der Waals surface area contributed by atoms with Crippen molar-refractivity contribution in [3.05, 3.63) is 78.5 Å². The molecule has 138 valence electrons. The van der Waals surface area contributed by atoms with Gasteiger partial charge in [-0.15, -0.1) is 0 Å². The zero-order valence-electron chi connectivity index (χ0n) is 14.6. The van der Waals surface area contributed by atoms with E-state index in [2.05, 4.69) is 26.8 Å². The molecular weight excluding hydrogens is 376 g/mol. The first-order valence-electron chi connectivity index (χ1n) is 8.45. The summed E-state index contributed by atoms with van der Waals surface area (Å²) in [5.74, 6) is 1.28. The van der Waals surface area contributed by atoms with Crippen molar-refractivity contribution in [1.29, 1.82) is 0 Å². The first-order valence-corrected chi connectivity index (χ1v) is 8.83. The second kappa shape index (κ2) is 7.54. The summed E-state index contributed by atoms with van der Waals surface area (Å²) in [5, 5.41) is 3.04. The molecule has 0 fully saturated rings. The van der Waals surface area contributed by atoms with Crippen LogP contribution in [0, 0.1) is 0 Å². The van der Waals surface area contributed by atoms with Gasteiger partial charge < -0.3 is 15.0 Å². The summed E-state index contributed by atoms with van der Waals surface area (Å²) in [4.78, 5) is 23.5. The van der Waals surface area contributed by atoms with Crippen LogP contribution in [0.2, 0.25) is 5.02 Å². The molecule has 7 heteroatoms. The molecule has 0 saturated heterocycles. The lowest BCUT2D eigenvalue weighted by atomic mass is 10.2. The van der Waals surface area contributed by atoms with Gasteiger partial charge in [-0.1, -0.05) is 54.6 Å². The number of H-pyrrole nitrogens is 1. The second-order valence-corrected chi connectivity index (χ2v) is 6.32. The number of amides is 1. The summed E-state index contributed by atoms with van der Waals surface area (Å²) in [6.45, 7) is 3.44. The topological polar surface area (TPSA) is 79.9 Å². The molecule has 4 rings (SSSR count). The predicted octanol–water partition coefficient (Wildman–Crippen LogP) is 5.20. The summed E-state index contributed by atoms with van der Waals surface area (Å²) in [7, 11) is 0. The highest BCUT2D eigenvalue weighted by molar-refractivity contribution is 6.32. The number of carbonyl (C=O) groups is 1. The molecule has 0 radical (unpaired) electrons. The van der Waals surface area contributed by atoms with E-state index in [1.807, 2.05) is 30.3 Å². The average molecular weight is 391 g/mol. The number of hydrogen-bond donors (Lipinski definition) is 2. The van der Waals surface area contributed by atoms with Crippen molar-refractivity contribution >= 4 is 34.4 Å². The van der Waals surface area contributed by atoms with Crippen LogP contribution in [0.3, 0.4) is 0 Å². The van der Waals surface area contributed by atoms with Crippen LogP contribution in [0.15, 0.2) is 73.4 Å². The van der Waals surface area contributed by atoms with Gasteiger partial charge >= 0.3 is 0 Å². The van der Waals surface area contributed by atoms with Gasteiger partial charge in [0.25, 0.3) is 0 Å². The standard InChI is InChI=1S/C21H15ClN4O2/c1-2-17(27)24-14-9-6-10-15(11-14)28-19-16(22)12-23-21-18(19)25-20(26-21)13-7-4-3-5-8-13/h2-12H,1H2,(H,24,27)(H,23,25,26). The maximum absolute atomic E-state index is 11.5. The molecule has 2 heterocycles. The Labute approximate surface area is 165 Å². The number of benzene rings is 2. The Morgan fingerprint density at radius 1 is 1.18 bits per heavy atom. The molecular formula is C21H15ClN4O2. The normalized spacial score (nSPS) is 10.6. The van der Waals surface area contributed by atoms with Crippen molar-refractivity contribution < 1.29 is 9.53 Å². The van der Waals surface area contributed by atoms with E-state index in [1.165, 1.54) is 12.3 Å². The van der Waals surface area contributed by atoms with Gasteiger partial charge in [0.1, 0.15) is 22.1 Å². The Bertz CT molecular complexity index is 1170. The molecule has 0 aliphatic carbocycles. The molecule has 0 unspecified atom stereocenters. The van der Waals surface area contributed by atoms with Crippen LogP contribution in [0.4, 0.5) is 5.69 Å². The smallest absolute Gasteiger partial charge is 0.247 e. The molecule has 0 spiro atoms. The third-order valence-electron chi connectivity index (χ3n) is 3.98. The fourth-order valence-corrected chi connectivity index (χ4v) is 2.87. The van der Waals surface area contributed by atoms with Crippen LogP contribution in [0.1, 0.15) is 0 Å². The van der Waals surface area contributed by atoms with Gasteiger partial charge in [-0.3, -0.25) is 4.79 Å². The SMILES string of the molecule is C=CC(=O)Nc1cccc(Oc2c(Cl)cnc3nc(-c4ccccc4)[nH]c23)c1. The molecule has 2 N–H and O–H groups in total. The average Bonchev–Trinajstić information content (AvgIpc) is 3.16. The molecule has 0 aliphatic rings. The molecule has 0 bridgehead atoms. The predicted molar refractivity (Wildman–Crippen MR) is 110 cm³/mol. The van der Waals surface area contributed by atoms with E-state index in [9.17, 15) is 4.79 Å². The molecule has 6 nitrogen and oxygen atoms in total. The van der Waals surface area contributed by atoms with Gasteiger partial charge in [-0.05, 0) is 18.2 Å². The fraction of sp³-hybridized carbons (Fsp3) is 0. The van der Waals surface area contributed by atoms with Crippen molar-refractivity contribution in [3.8, 4) is 22.9 Å². The number of hydrogen-bond acceptors (Lipinski definition) is 4. The number of aromatic amines is 1. The molecule has 2 aromatic heterocycles. The lowest BCUT2D eigenvalue weighted by molar-refractivity contribution is -0.111. The van der Waals surface area contributed by atoms with Crippen molar-refractivity contribution in [2.45, 2.75) is 0 Å². The lowest BCUT2D eigenvalue weighted by Crippen LogP contribution is -2.06. The molecule has 0 aliphatic heterocycles. The monoisotopic (exact) mass is 390 g/mol. The number of ether oxygens (including phenoxy) is 1. The number of anilines is 1. The van der Waals surface area contributed by atoms with Crippen LogP contribution < -0.4 is 10.1 Å². The Morgan fingerprint density at radius 2 is 2.00 bits per heavy atom. The summed E-state index contributed by atoms with van der Waals surface area (Å²) >= 11 is 6.34. The largest absolute Gasteiger partial charge is 0.453 e. The molecule has 4 aromatic rings. The quantitative estimate of drug-likeness (QED) is 0.459. The van der Waals surface area contributed by atoms with Crippen molar-refractivity contribution in [3.63, 3.8) is 0 Å². The Hall–Kier alpha value is -3.64. The number of pyridine rings is 1. The number of halogens is 1. The molecule has 0 saturated carbocycles. The molecule has 0 atom stereocenters. The van der Waals surface area contributed by atoms with Gasteiger partial charge in [0.15, 0.2) is 11.4 Å². The number of aromatic nitrogens is 3. The number of nitrogens with zero attached hydrogens (tertiary/aromatic N) is 2. The minimum atomic E-state index is -0.303. The number of carbonyl (C=O) groups excluding carboxylic acids is 1. The van der Waals surface area contributed by atoms with Crippen molar-refractivity contribution in [1.82, 2.24) is 15.0 Å². The Morgan fingerprint density at radius 3 is 2.79 bits per heavy atom. The maximum atomic E-state index is 11.5. The first kappa shape index (κ1) is 17.8. The van der Waals surface area contributed by atoms with Crippen LogP contribution >= 0.6 is 11.6 Å². The molecule has 1 amide bonds. The van der Waals surface area contributed by atoms with E-state index >= 15 is 0 Å². The highest BCUT2D eigenvalue weighted by atomic mass is 35.5. The molecule has 2 aromatic carbocycles. The fourth-order valence-electron chi connectivity index (χ4n) is 2.69. The van der Waals surface area contributed by atoms with E-state index in [4.69, 9.17) is 16.3 Å². The van der Waals surface area contributed by atoms with E-state index in [1.54, 1.807) is 24.3 Å². The lowest BCUT2D eigenvalue weighted by Gasteiger charge is -2.10. The van der Waals surface area contributed by atoms with Crippen LogP contribution in [0.25, 0.3) is 22.6 Å². The third-order valence-corrected chi connectivity index (χ3v) is 4.25. The van der Waals surface area contributed by atoms with Crippen molar-refractivity contribution in [2.75, 3.05) is 5.32 Å². The van der Waals surface area contributed by atoms with Gasteiger partial charge in [-0.25, -0.2) is 9.97 Å². The Balaban J connectivity index is 1.72. The summed E-state index contributed by atoms with van der Waals surface area (Å²) in [5.41, 5.74) is 2.59. The van der Waals surface area contributed by atoms with E-state index < -0.39 is 0 Å². The summed E-state index contributed by atoms with van der Waals surface area (Å²) in [6, 6.07) is 16.7. The van der Waals surface area contributed by atoms with E-state index in [-0.39, 0.29) is 5.91 Å². The Kier molecular flexibility index (Phi) is 4.78. The highest BCUT2D eigenvalue weighted by Crippen LogP contribution is 2.36. The zero-order chi connectivity index (χ0) is 19.5. The van der Waals surface area contributed by atoms with E-state index in [0.717, 1.165) is 5.56 Å². The summed E-state index contributed by atoms with van der Waals surface area (Å²) < 4.78 is 6.01. The zero-order valence-corrected chi connectivity index (χ0v) is 15.4. The number of fused-ring (bicyclic) bond motifs is 1. The highest BCUT2D eigenvalue weighted by Gasteiger charge is 2.15. The van der Waals surface area contributed by atoms with Gasteiger partial charge in [-0.2, -0.15) is 0 Å². The van der Waals surface area contributed by atoms with Gasteiger partial charge in [0, 0.05) is 17.3 Å². The van der Waals surface area contributed by atoms with Crippen LogP contribution in [-0.4, -0.2) is 20.9 Å². The van der Waals surface area contributed by atoms with Crippen LogP contribution in [-0.2, 0) is 4.79 Å². The van der Waals surface area contributed by atoms with Crippen molar-refractivity contribution in [2.24, 2.45) is 0 Å². The number of rotatable bonds is 5. The van der Waals surface area contributed by atoms with Crippen LogP contribution in [0.5, 0.6) is 11.5 Å². The first-order chi connectivity index (χ1) is 13.6.